The molecule has 0 bridgehead atoms. The molecule has 0 radical (unpaired) electrons. The number of ether oxygens (including phenoxy) is 1. The van der Waals surface area contributed by atoms with Gasteiger partial charge in [0.1, 0.15) is 0 Å². The van der Waals surface area contributed by atoms with Crippen LogP contribution in [0, 0.1) is 5.92 Å². The number of carboxylic acids is 1. The van der Waals surface area contributed by atoms with Gasteiger partial charge < -0.3 is 9.84 Å². The van der Waals surface area contributed by atoms with Crippen LogP contribution in [0.5, 0.6) is 0 Å². The SMILES string of the molecule is O=C(O)C1CCN2CC(OCc3cc(C(F)(F)F)cc(C(F)(F)F)c3)CC2C1. The Morgan fingerprint density at radius 1 is 1.07 bits per heavy atom. The lowest BCUT2D eigenvalue weighted by Crippen LogP contribution is -2.40. The summed E-state index contributed by atoms with van der Waals surface area (Å²) < 4.78 is 83.1. The van der Waals surface area contributed by atoms with Crippen molar-refractivity contribution in [2.75, 3.05) is 13.1 Å². The Morgan fingerprint density at radius 2 is 1.68 bits per heavy atom. The Kier molecular flexibility index (Phi) is 5.64. The summed E-state index contributed by atoms with van der Waals surface area (Å²) in [6, 6.07) is 1.42. The van der Waals surface area contributed by atoms with Crippen molar-refractivity contribution < 1.29 is 41.0 Å². The van der Waals surface area contributed by atoms with E-state index in [2.05, 4.69) is 4.90 Å². The molecule has 0 saturated carbocycles. The number of hydrogen-bond acceptors (Lipinski definition) is 3. The highest BCUT2D eigenvalue weighted by Crippen LogP contribution is 2.37. The third kappa shape index (κ3) is 4.78. The third-order valence-corrected chi connectivity index (χ3v) is 5.29. The summed E-state index contributed by atoms with van der Waals surface area (Å²) >= 11 is 0. The van der Waals surface area contributed by atoms with E-state index in [-0.39, 0.29) is 30.4 Å². The molecule has 3 rings (SSSR count). The first-order valence-corrected chi connectivity index (χ1v) is 8.80. The maximum atomic E-state index is 12.9. The number of hydrogen-bond donors (Lipinski definition) is 1. The van der Waals surface area contributed by atoms with Crippen LogP contribution >= 0.6 is 0 Å². The minimum atomic E-state index is -4.89. The molecule has 0 aromatic heterocycles. The first-order valence-electron chi connectivity index (χ1n) is 8.80. The lowest BCUT2D eigenvalue weighted by atomic mass is 9.91. The highest BCUT2D eigenvalue weighted by molar-refractivity contribution is 5.70. The Hall–Kier alpha value is -1.81. The van der Waals surface area contributed by atoms with Gasteiger partial charge in [-0.05, 0) is 49.6 Å². The fraction of sp³-hybridized carbons (Fsp3) is 0.611. The summed E-state index contributed by atoms with van der Waals surface area (Å²) in [6.45, 7) is 0.700. The second-order valence-electron chi connectivity index (χ2n) is 7.29. The zero-order valence-electron chi connectivity index (χ0n) is 14.7. The normalized spacial score (nSPS) is 26.3. The molecule has 2 heterocycles. The lowest BCUT2D eigenvalue weighted by molar-refractivity contribution is -0.144. The average molecular weight is 411 g/mol. The van der Waals surface area contributed by atoms with Crippen LogP contribution < -0.4 is 0 Å². The van der Waals surface area contributed by atoms with Gasteiger partial charge in [0.05, 0.1) is 29.8 Å². The molecule has 3 atom stereocenters. The summed E-state index contributed by atoms with van der Waals surface area (Å²) in [5.41, 5.74) is -2.93. The van der Waals surface area contributed by atoms with Gasteiger partial charge in [0.25, 0.3) is 0 Å². The highest BCUT2D eigenvalue weighted by Gasteiger charge is 2.40. The molecule has 2 saturated heterocycles. The van der Waals surface area contributed by atoms with Crippen LogP contribution in [0.3, 0.4) is 0 Å². The van der Waals surface area contributed by atoms with Gasteiger partial charge in [0, 0.05) is 12.6 Å². The number of fused-ring (bicyclic) bond motifs is 1. The molecule has 2 fully saturated rings. The molecular formula is C18H19F6NO3. The van der Waals surface area contributed by atoms with Crippen LogP contribution in [0.1, 0.15) is 36.0 Å². The molecule has 1 aromatic carbocycles. The fourth-order valence-electron chi connectivity index (χ4n) is 3.89. The van der Waals surface area contributed by atoms with Gasteiger partial charge >= 0.3 is 18.3 Å². The van der Waals surface area contributed by atoms with Crippen LogP contribution in [0.25, 0.3) is 0 Å². The zero-order valence-corrected chi connectivity index (χ0v) is 14.7. The van der Waals surface area contributed by atoms with E-state index in [0.717, 1.165) is 0 Å². The number of benzene rings is 1. The van der Waals surface area contributed by atoms with Gasteiger partial charge in [-0.2, -0.15) is 26.3 Å². The summed E-state index contributed by atoms with van der Waals surface area (Å²) in [5.74, 6) is -1.29. The Balaban J connectivity index is 1.67. The van der Waals surface area contributed by atoms with Gasteiger partial charge in [-0.25, -0.2) is 0 Å². The molecule has 2 aliphatic heterocycles. The van der Waals surface area contributed by atoms with Crippen molar-refractivity contribution in [3.05, 3.63) is 34.9 Å². The number of carboxylic acid groups (broad SMARTS) is 1. The molecule has 10 heteroatoms. The first kappa shape index (κ1) is 20.9. The van der Waals surface area contributed by atoms with Crippen LogP contribution in [0.15, 0.2) is 18.2 Å². The fourth-order valence-corrected chi connectivity index (χ4v) is 3.89. The number of piperidine rings is 1. The zero-order chi connectivity index (χ0) is 20.7. The molecule has 2 aliphatic rings. The average Bonchev–Trinajstić information content (AvgIpc) is 3.00. The van der Waals surface area contributed by atoms with Crippen LogP contribution in [-0.4, -0.2) is 41.2 Å². The van der Waals surface area contributed by atoms with Crippen molar-refractivity contribution in [1.82, 2.24) is 4.90 Å². The molecule has 4 nitrogen and oxygen atoms in total. The summed E-state index contributed by atoms with van der Waals surface area (Å²) in [6.07, 6.45) is -8.65. The van der Waals surface area contributed by atoms with Gasteiger partial charge in [0.2, 0.25) is 0 Å². The first-order chi connectivity index (χ1) is 12.9. The quantitative estimate of drug-likeness (QED) is 0.756. The molecule has 0 amide bonds. The maximum absolute atomic E-state index is 12.9. The predicted molar refractivity (Wildman–Crippen MR) is 85.4 cm³/mol. The predicted octanol–water partition coefficient (Wildman–Crippen LogP) is 4.18. The second-order valence-corrected chi connectivity index (χ2v) is 7.29. The smallest absolute Gasteiger partial charge is 0.416 e. The molecule has 3 unspecified atom stereocenters. The summed E-state index contributed by atoms with van der Waals surface area (Å²) in [4.78, 5) is 13.2. The van der Waals surface area contributed by atoms with Crippen molar-refractivity contribution in [2.24, 2.45) is 5.92 Å². The van der Waals surface area contributed by atoms with Crippen molar-refractivity contribution in [3.63, 3.8) is 0 Å². The van der Waals surface area contributed by atoms with E-state index in [1.807, 2.05) is 0 Å². The van der Waals surface area contributed by atoms with Gasteiger partial charge in [-0.15, -0.1) is 0 Å². The number of nitrogens with zero attached hydrogens (tertiary/aromatic N) is 1. The number of halogens is 6. The Labute approximate surface area is 157 Å². The molecule has 1 N–H and O–H groups in total. The lowest BCUT2D eigenvalue weighted by Gasteiger charge is -2.32. The number of alkyl halides is 6. The third-order valence-electron chi connectivity index (χ3n) is 5.29. The minimum Gasteiger partial charge on any atom is -0.481 e. The maximum Gasteiger partial charge on any atom is 0.416 e. The standard InChI is InChI=1S/C18H19F6NO3/c19-17(20,21)12-3-10(4-13(6-12)18(22,23)24)9-28-15-7-14-5-11(16(26)27)1-2-25(14)8-15/h3-4,6,11,14-15H,1-2,5,7-9H2,(H,26,27). The van der Waals surface area contributed by atoms with Crippen LogP contribution in [-0.2, 0) is 28.5 Å². The van der Waals surface area contributed by atoms with Gasteiger partial charge in [-0.1, -0.05) is 0 Å². The van der Waals surface area contributed by atoms with E-state index in [4.69, 9.17) is 9.84 Å². The Bertz CT molecular complexity index is 701. The molecule has 28 heavy (non-hydrogen) atoms. The summed E-state index contributed by atoms with van der Waals surface area (Å²) in [5, 5.41) is 9.13. The number of rotatable bonds is 4. The number of carbonyl (C=O) groups is 1. The van der Waals surface area contributed by atoms with Crippen molar-refractivity contribution in [1.29, 1.82) is 0 Å². The molecule has 0 spiro atoms. The number of aliphatic carboxylic acids is 1. The minimum absolute atomic E-state index is 0.00657. The van der Waals surface area contributed by atoms with E-state index >= 15 is 0 Å². The molecule has 0 aliphatic carbocycles. The van der Waals surface area contributed by atoms with E-state index in [1.54, 1.807) is 0 Å². The topological polar surface area (TPSA) is 49.8 Å². The molecule has 1 aromatic rings. The summed E-state index contributed by atoms with van der Waals surface area (Å²) in [7, 11) is 0. The van der Waals surface area contributed by atoms with Crippen LogP contribution in [0.2, 0.25) is 0 Å². The highest BCUT2D eigenvalue weighted by atomic mass is 19.4. The largest absolute Gasteiger partial charge is 0.481 e. The van der Waals surface area contributed by atoms with Gasteiger partial charge in [-0.3, -0.25) is 9.69 Å². The van der Waals surface area contributed by atoms with E-state index < -0.39 is 35.4 Å². The van der Waals surface area contributed by atoms with E-state index in [9.17, 15) is 31.1 Å². The van der Waals surface area contributed by atoms with Crippen LogP contribution in [0.4, 0.5) is 26.3 Å². The molecule has 156 valence electrons. The van der Waals surface area contributed by atoms with E-state index in [1.165, 1.54) is 0 Å². The monoisotopic (exact) mass is 411 g/mol. The van der Waals surface area contributed by atoms with E-state index in [0.29, 0.717) is 44.5 Å². The Morgan fingerprint density at radius 3 is 2.21 bits per heavy atom. The second kappa shape index (κ2) is 7.55. The van der Waals surface area contributed by atoms with Crippen molar-refractivity contribution >= 4 is 5.97 Å². The van der Waals surface area contributed by atoms with Crippen molar-refractivity contribution in [2.45, 2.75) is 50.4 Å². The van der Waals surface area contributed by atoms with Crippen molar-refractivity contribution in [3.8, 4) is 0 Å². The molecular weight excluding hydrogens is 392 g/mol. The van der Waals surface area contributed by atoms with Gasteiger partial charge in [0.15, 0.2) is 0 Å².